The Balaban J connectivity index is 1.28. The zero-order valence-electron chi connectivity index (χ0n) is 19.3. The SMILES string of the molecule is COc1cccc(CNC(=O)C2Cn3ccnc3C3(CCN(C(=O)c4ccoc4C)CC3)O2)c1. The summed E-state index contributed by atoms with van der Waals surface area (Å²) in [7, 11) is 1.62. The number of benzene rings is 1. The number of fused-ring (bicyclic) bond motifs is 2. The number of piperidine rings is 1. The molecule has 34 heavy (non-hydrogen) atoms. The molecule has 1 atom stereocenters. The van der Waals surface area contributed by atoms with E-state index >= 15 is 0 Å². The first-order chi connectivity index (χ1) is 16.5. The Kier molecular flexibility index (Phi) is 5.87. The molecule has 0 radical (unpaired) electrons. The number of hydrogen-bond acceptors (Lipinski definition) is 6. The van der Waals surface area contributed by atoms with E-state index in [-0.39, 0.29) is 11.8 Å². The lowest BCUT2D eigenvalue weighted by molar-refractivity contribution is -0.172. The molecule has 2 aliphatic rings. The third kappa shape index (κ3) is 4.07. The highest BCUT2D eigenvalue weighted by atomic mass is 16.5. The molecule has 5 rings (SSSR count). The summed E-state index contributed by atoms with van der Waals surface area (Å²) in [5.41, 5.74) is 0.821. The summed E-state index contributed by atoms with van der Waals surface area (Å²) in [5, 5.41) is 2.99. The molecule has 0 aliphatic carbocycles. The van der Waals surface area contributed by atoms with Crippen LogP contribution < -0.4 is 10.1 Å². The largest absolute Gasteiger partial charge is 0.497 e. The number of carbonyl (C=O) groups is 2. The molecular formula is C25H28N4O5. The predicted molar refractivity (Wildman–Crippen MR) is 122 cm³/mol. The molecule has 9 heteroatoms. The van der Waals surface area contributed by atoms with Gasteiger partial charge in [0.2, 0.25) is 0 Å². The van der Waals surface area contributed by atoms with E-state index in [2.05, 4.69) is 10.3 Å². The fraction of sp³-hybridized carbons (Fsp3) is 0.400. The third-order valence-electron chi connectivity index (χ3n) is 6.69. The summed E-state index contributed by atoms with van der Waals surface area (Å²) >= 11 is 0. The number of imidazole rings is 1. The number of aromatic nitrogens is 2. The van der Waals surface area contributed by atoms with Crippen LogP contribution in [0.15, 0.2) is 53.4 Å². The summed E-state index contributed by atoms with van der Waals surface area (Å²) in [6, 6.07) is 9.30. The van der Waals surface area contributed by atoms with Gasteiger partial charge in [-0.2, -0.15) is 0 Å². The van der Waals surface area contributed by atoms with Crippen molar-refractivity contribution < 1.29 is 23.5 Å². The van der Waals surface area contributed by atoms with Crippen molar-refractivity contribution in [1.29, 1.82) is 0 Å². The summed E-state index contributed by atoms with van der Waals surface area (Å²) in [4.78, 5) is 32.4. The average Bonchev–Trinajstić information content (AvgIpc) is 3.52. The van der Waals surface area contributed by atoms with Crippen LogP contribution in [0.3, 0.4) is 0 Å². The quantitative estimate of drug-likeness (QED) is 0.623. The first-order valence-corrected chi connectivity index (χ1v) is 11.4. The topological polar surface area (TPSA) is 98.8 Å². The maximum absolute atomic E-state index is 13.1. The van der Waals surface area contributed by atoms with Crippen LogP contribution in [0.4, 0.5) is 0 Å². The van der Waals surface area contributed by atoms with Crippen LogP contribution in [0.2, 0.25) is 0 Å². The van der Waals surface area contributed by atoms with Crippen LogP contribution in [0, 0.1) is 6.92 Å². The number of carbonyl (C=O) groups excluding carboxylic acids is 2. The second-order valence-corrected chi connectivity index (χ2v) is 8.76. The van der Waals surface area contributed by atoms with E-state index in [4.69, 9.17) is 13.9 Å². The molecule has 1 saturated heterocycles. The minimum absolute atomic E-state index is 0.0483. The molecule has 1 spiro atoms. The van der Waals surface area contributed by atoms with Crippen LogP contribution in [0.5, 0.6) is 5.75 Å². The van der Waals surface area contributed by atoms with E-state index in [0.717, 1.165) is 17.1 Å². The second kappa shape index (κ2) is 8.98. The van der Waals surface area contributed by atoms with Gasteiger partial charge in [-0.25, -0.2) is 4.98 Å². The van der Waals surface area contributed by atoms with Crippen LogP contribution in [-0.4, -0.2) is 52.6 Å². The Morgan fingerprint density at radius 1 is 1.26 bits per heavy atom. The summed E-state index contributed by atoms with van der Waals surface area (Å²) < 4.78 is 19.0. The van der Waals surface area contributed by atoms with Gasteiger partial charge < -0.3 is 28.7 Å². The van der Waals surface area contributed by atoms with Gasteiger partial charge in [-0.05, 0) is 30.7 Å². The Hall–Kier alpha value is -3.59. The van der Waals surface area contributed by atoms with Crippen molar-refractivity contribution in [1.82, 2.24) is 19.8 Å². The molecule has 1 aromatic carbocycles. The standard InChI is InChI=1S/C25H28N4O5/c1-17-20(6-13-33-17)23(31)28-10-7-25(8-11-28)24-26-9-12-29(24)16-21(34-25)22(30)27-15-18-4-3-5-19(14-18)32-2/h3-6,9,12-14,21H,7-8,10-11,15-16H2,1-2H3,(H,27,30). The number of nitrogens with one attached hydrogen (secondary N) is 1. The number of ether oxygens (including phenoxy) is 2. The first-order valence-electron chi connectivity index (χ1n) is 11.4. The normalized spacial score (nSPS) is 19.0. The molecule has 0 saturated carbocycles. The molecule has 178 valence electrons. The van der Waals surface area contributed by atoms with E-state index in [0.29, 0.717) is 50.3 Å². The second-order valence-electron chi connectivity index (χ2n) is 8.76. The number of methoxy groups -OCH3 is 1. The number of amides is 2. The summed E-state index contributed by atoms with van der Waals surface area (Å²) in [6.07, 6.45) is 5.63. The van der Waals surface area contributed by atoms with Gasteiger partial charge in [-0.15, -0.1) is 0 Å². The monoisotopic (exact) mass is 464 g/mol. The first kappa shape index (κ1) is 22.2. The number of aryl methyl sites for hydroxylation is 1. The smallest absolute Gasteiger partial charge is 0.257 e. The van der Waals surface area contributed by atoms with Gasteiger partial charge in [0.1, 0.15) is 22.9 Å². The molecule has 1 N–H and O–H groups in total. The predicted octanol–water partition coefficient (Wildman–Crippen LogP) is 2.64. The van der Waals surface area contributed by atoms with Gasteiger partial charge in [-0.3, -0.25) is 9.59 Å². The Morgan fingerprint density at radius 2 is 2.09 bits per heavy atom. The van der Waals surface area contributed by atoms with Crippen molar-refractivity contribution in [3.8, 4) is 5.75 Å². The van der Waals surface area contributed by atoms with E-state index in [1.165, 1.54) is 6.26 Å². The van der Waals surface area contributed by atoms with Crippen molar-refractivity contribution >= 4 is 11.8 Å². The molecule has 0 bridgehead atoms. The maximum Gasteiger partial charge on any atom is 0.257 e. The zero-order chi connectivity index (χ0) is 23.7. The van der Waals surface area contributed by atoms with Crippen molar-refractivity contribution in [2.45, 2.75) is 44.6 Å². The van der Waals surface area contributed by atoms with Crippen molar-refractivity contribution in [2.24, 2.45) is 0 Å². The van der Waals surface area contributed by atoms with Gasteiger partial charge in [0.25, 0.3) is 11.8 Å². The van der Waals surface area contributed by atoms with Gasteiger partial charge in [-0.1, -0.05) is 12.1 Å². The molecule has 2 amide bonds. The van der Waals surface area contributed by atoms with E-state index < -0.39 is 11.7 Å². The molecule has 1 unspecified atom stereocenters. The molecule has 2 aliphatic heterocycles. The van der Waals surface area contributed by atoms with Gasteiger partial charge >= 0.3 is 0 Å². The van der Waals surface area contributed by atoms with Gasteiger partial charge in [0, 0.05) is 44.9 Å². The van der Waals surface area contributed by atoms with E-state index in [9.17, 15) is 9.59 Å². The highest BCUT2D eigenvalue weighted by molar-refractivity contribution is 5.95. The number of hydrogen-bond donors (Lipinski definition) is 1. The fourth-order valence-electron chi connectivity index (χ4n) is 4.81. The average molecular weight is 465 g/mol. The number of furan rings is 1. The summed E-state index contributed by atoms with van der Waals surface area (Å²) in [6.45, 7) is 3.58. The Bertz CT molecular complexity index is 1190. The lowest BCUT2D eigenvalue weighted by Gasteiger charge is -2.45. The lowest BCUT2D eigenvalue weighted by atomic mass is 9.88. The van der Waals surface area contributed by atoms with Crippen molar-refractivity contribution in [2.75, 3.05) is 20.2 Å². The van der Waals surface area contributed by atoms with Gasteiger partial charge in [0.15, 0.2) is 6.10 Å². The summed E-state index contributed by atoms with van der Waals surface area (Å²) in [5.74, 6) is 1.95. The Labute approximate surface area is 197 Å². The minimum atomic E-state index is -0.706. The lowest BCUT2D eigenvalue weighted by Crippen LogP contribution is -2.54. The number of nitrogens with zero attached hydrogens (tertiary/aromatic N) is 3. The Morgan fingerprint density at radius 3 is 2.82 bits per heavy atom. The van der Waals surface area contributed by atoms with Crippen LogP contribution >= 0.6 is 0 Å². The minimum Gasteiger partial charge on any atom is -0.497 e. The number of rotatable bonds is 5. The van der Waals surface area contributed by atoms with Crippen molar-refractivity contribution in [3.63, 3.8) is 0 Å². The van der Waals surface area contributed by atoms with Crippen LogP contribution in [0.25, 0.3) is 0 Å². The number of likely N-dealkylation sites (tertiary alicyclic amines) is 1. The van der Waals surface area contributed by atoms with Gasteiger partial charge in [0.05, 0.1) is 25.5 Å². The van der Waals surface area contributed by atoms with E-state index in [1.807, 2.05) is 39.9 Å². The molecule has 1 fully saturated rings. The molecular weight excluding hydrogens is 436 g/mol. The van der Waals surface area contributed by atoms with Crippen LogP contribution in [0.1, 0.15) is 40.3 Å². The fourth-order valence-corrected chi connectivity index (χ4v) is 4.81. The molecule has 4 heterocycles. The highest BCUT2D eigenvalue weighted by Crippen LogP contribution is 2.40. The zero-order valence-corrected chi connectivity index (χ0v) is 19.3. The molecule has 2 aromatic heterocycles. The molecule has 3 aromatic rings. The van der Waals surface area contributed by atoms with Crippen LogP contribution in [-0.2, 0) is 28.2 Å². The van der Waals surface area contributed by atoms with Crippen molar-refractivity contribution in [3.05, 3.63) is 71.7 Å². The maximum atomic E-state index is 13.1. The molecule has 9 nitrogen and oxygen atoms in total. The highest BCUT2D eigenvalue weighted by Gasteiger charge is 2.47. The van der Waals surface area contributed by atoms with E-state index in [1.54, 1.807) is 26.3 Å². The third-order valence-corrected chi connectivity index (χ3v) is 6.69.